The maximum absolute atomic E-state index is 5.77. The lowest BCUT2D eigenvalue weighted by Gasteiger charge is -2.06. The molecule has 0 saturated heterocycles. The van der Waals surface area contributed by atoms with Crippen molar-refractivity contribution < 1.29 is 0 Å². The molecule has 82 valence electrons. The molecule has 1 nitrogen and oxygen atoms in total. The van der Waals surface area contributed by atoms with Crippen molar-refractivity contribution in [2.24, 2.45) is 0 Å². The summed E-state index contributed by atoms with van der Waals surface area (Å²) < 4.78 is 0. The Labute approximate surface area is 96.9 Å². The highest BCUT2D eigenvalue weighted by Crippen LogP contribution is 2.15. The first-order valence-electron chi connectivity index (χ1n) is 5.55. The van der Waals surface area contributed by atoms with Crippen LogP contribution in [0, 0.1) is 13.8 Å². The largest absolute Gasteiger partial charge is 0.399 e. The zero-order valence-corrected chi connectivity index (χ0v) is 9.83. The van der Waals surface area contributed by atoms with Gasteiger partial charge in [0.2, 0.25) is 0 Å². The fraction of sp³-hybridized carbons (Fsp3) is 0.200. The number of anilines is 1. The van der Waals surface area contributed by atoms with Crippen molar-refractivity contribution >= 4 is 5.69 Å². The Morgan fingerprint density at radius 1 is 0.875 bits per heavy atom. The van der Waals surface area contributed by atoms with Crippen LogP contribution in [0.4, 0.5) is 5.69 Å². The molecule has 2 N–H and O–H groups in total. The Bertz CT molecular complexity index is 480. The smallest absolute Gasteiger partial charge is 0.0316 e. The molecule has 0 aliphatic carbocycles. The highest BCUT2D eigenvalue weighted by Gasteiger charge is 1.99. The van der Waals surface area contributed by atoms with Crippen molar-refractivity contribution in [2.75, 3.05) is 5.73 Å². The topological polar surface area (TPSA) is 26.0 Å². The van der Waals surface area contributed by atoms with Gasteiger partial charge < -0.3 is 5.73 Å². The second-order valence-electron chi connectivity index (χ2n) is 4.42. The molecule has 0 unspecified atom stereocenters. The minimum absolute atomic E-state index is 0.835. The zero-order chi connectivity index (χ0) is 11.5. The Kier molecular flexibility index (Phi) is 2.95. The minimum atomic E-state index is 0.835. The predicted molar refractivity (Wildman–Crippen MR) is 69.6 cm³/mol. The van der Waals surface area contributed by atoms with Crippen LogP contribution in [-0.2, 0) is 6.42 Å². The summed E-state index contributed by atoms with van der Waals surface area (Å²) in [6, 6.07) is 14.7. The first-order chi connectivity index (χ1) is 7.63. The standard InChI is InChI=1S/C15H17N/c1-11-6-12(2)8-14(7-11)9-13-4-3-5-15(16)10-13/h3-8,10H,9,16H2,1-2H3. The van der Waals surface area contributed by atoms with Crippen molar-refractivity contribution in [1.82, 2.24) is 0 Å². The van der Waals surface area contributed by atoms with Crippen LogP contribution >= 0.6 is 0 Å². The summed E-state index contributed by atoms with van der Waals surface area (Å²) in [6.45, 7) is 4.27. The molecule has 0 saturated carbocycles. The van der Waals surface area contributed by atoms with Crippen LogP contribution in [0.5, 0.6) is 0 Å². The van der Waals surface area contributed by atoms with E-state index < -0.39 is 0 Å². The summed E-state index contributed by atoms with van der Waals surface area (Å²) >= 11 is 0. The van der Waals surface area contributed by atoms with Crippen molar-refractivity contribution in [1.29, 1.82) is 0 Å². The molecule has 16 heavy (non-hydrogen) atoms. The number of hydrogen-bond donors (Lipinski definition) is 1. The molecule has 0 atom stereocenters. The third-order valence-electron chi connectivity index (χ3n) is 2.64. The van der Waals surface area contributed by atoms with E-state index in [1.807, 2.05) is 18.2 Å². The van der Waals surface area contributed by atoms with Gasteiger partial charge in [0.05, 0.1) is 0 Å². The maximum Gasteiger partial charge on any atom is 0.0316 e. The second kappa shape index (κ2) is 4.40. The van der Waals surface area contributed by atoms with Crippen LogP contribution in [0.1, 0.15) is 22.3 Å². The van der Waals surface area contributed by atoms with E-state index in [1.54, 1.807) is 0 Å². The lowest BCUT2D eigenvalue weighted by molar-refractivity contribution is 1.17. The van der Waals surface area contributed by atoms with E-state index in [-0.39, 0.29) is 0 Å². The van der Waals surface area contributed by atoms with Gasteiger partial charge in [0.25, 0.3) is 0 Å². The van der Waals surface area contributed by atoms with Crippen LogP contribution in [0.3, 0.4) is 0 Å². The summed E-state index contributed by atoms with van der Waals surface area (Å²) in [6.07, 6.45) is 0.952. The van der Waals surface area contributed by atoms with E-state index in [0.717, 1.165) is 12.1 Å². The lowest BCUT2D eigenvalue weighted by atomic mass is 10.0. The van der Waals surface area contributed by atoms with Gasteiger partial charge in [0.1, 0.15) is 0 Å². The molecule has 2 rings (SSSR count). The number of nitrogens with two attached hydrogens (primary N) is 1. The number of rotatable bonds is 2. The molecule has 0 fully saturated rings. The molecular weight excluding hydrogens is 194 g/mol. The predicted octanol–water partition coefficient (Wildman–Crippen LogP) is 3.48. The fourth-order valence-electron chi connectivity index (χ4n) is 2.11. The fourth-order valence-corrected chi connectivity index (χ4v) is 2.11. The van der Waals surface area contributed by atoms with E-state index in [2.05, 4.69) is 38.1 Å². The van der Waals surface area contributed by atoms with Gasteiger partial charge in [-0.25, -0.2) is 0 Å². The molecule has 0 aromatic heterocycles. The number of nitrogen functional groups attached to an aromatic ring is 1. The number of aryl methyl sites for hydroxylation is 2. The molecule has 0 bridgehead atoms. The van der Waals surface area contributed by atoms with E-state index in [9.17, 15) is 0 Å². The Morgan fingerprint density at radius 2 is 1.56 bits per heavy atom. The van der Waals surface area contributed by atoms with Gasteiger partial charge in [-0.1, -0.05) is 41.5 Å². The van der Waals surface area contributed by atoms with Gasteiger partial charge in [-0.2, -0.15) is 0 Å². The van der Waals surface area contributed by atoms with Crippen molar-refractivity contribution in [2.45, 2.75) is 20.3 Å². The van der Waals surface area contributed by atoms with Gasteiger partial charge in [-0.05, 0) is 43.5 Å². The molecule has 0 spiro atoms. The molecule has 2 aromatic carbocycles. The van der Waals surface area contributed by atoms with Crippen LogP contribution in [0.15, 0.2) is 42.5 Å². The molecule has 0 aliphatic heterocycles. The average Bonchev–Trinajstić information content (AvgIpc) is 2.15. The Hall–Kier alpha value is -1.76. The van der Waals surface area contributed by atoms with Crippen molar-refractivity contribution in [3.63, 3.8) is 0 Å². The molecule has 0 radical (unpaired) electrons. The third-order valence-corrected chi connectivity index (χ3v) is 2.64. The van der Waals surface area contributed by atoms with E-state index in [4.69, 9.17) is 5.73 Å². The third kappa shape index (κ3) is 2.63. The normalized spacial score (nSPS) is 10.4. The maximum atomic E-state index is 5.77. The number of hydrogen-bond acceptors (Lipinski definition) is 1. The van der Waals surface area contributed by atoms with Gasteiger partial charge in [0, 0.05) is 5.69 Å². The van der Waals surface area contributed by atoms with E-state index in [0.29, 0.717) is 0 Å². The molecule has 0 aliphatic rings. The van der Waals surface area contributed by atoms with Gasteiger partial charge >= 0.3 is 0 Å². The summed E-state index contributed by atoms with van der Waals surface area (Å²) in [5.41, 5.74) is 11.9. The van der Waals surface area contributed by atoms with Crippen LogP contribution in [-0.4, -0.2) is 0 Å². The highest BCUT2D eigenvalue weighted by atomic mass is 14.5. The van der Waals surface area contributed by atoms with E-state index in [1.165, 1.54) is 22.3 Å². The molecule has 0 amide bonds. The minimum Gasteiger partial charge on any atom is -0.399 e. The Morgan fingerprint density at radius 3 is 2.19 bits per heavy atom. The van der Waals surface area contributed by atoms with Crippen LogP contribution in [0.25, 0.3) is 0 Å². The SMILES string of the molecule is Cc1cc(C)cc(Cc2cccc(N)c2)c1. The monoisotopic (exact) mass is 211 g/mol. The van der Waals surface area contributed by atoms with Crippen molar-refractivity contribution in [3.05, 3.63) is 64.7 Å². The lowest BCUT2D eigenvalue weighted by Crippen LogP contribution is -1.92. The summed E-state index contributed by atoms with van der Waals surface area (Å²) in [7, 11) is 0. The zero-order valence-electron chi connectivity index (χ0n) is 9.83. The second-order valence-corrected chi connectivity index (χ2v) is 4.42. The quantitative estimate of drug-likeness (QED) is 0.756. The molecule has 2 aromatic rings. The van der Waals surface area contributed by atoms with Crippen molar-refractivity contribution in [3.8, 4) is 0 Å². The van der Waals surface area contributed by atoms with Gasteiger partial charge in [-0.15, -0.1) is 0 Å². The van der Waals surface area contributed by atoms with Crippen LogP contribution in [0.2, 0.25) is 0 Å². The van der Waals surface area contributed by atoms with Gasteiger partial charge in [0.15, 0.2) is 0 Å². The molecule has 0 heterocycles. The highest BCUT2D eigenvalue weighted by molar-refractivity contribution is 5.42. The summed E-state index contributed by atoms with van der Waals surface area (Å²) in [5.74, 6) is 0. The van der Waals surface area contributed by atoms with Crippen LogP contribution < -0.4 is 5.73 Å². The molecule has 1 heteroatoms. The number of benzene rings is 2. The Balaban J connectivity index is 2.27. The summed E-state index contributed by atoms with van der Waals surface area (Å²) in [5, 5.41) is 0. The first-order valence-corrected chi connectivity index (χ1v) is 5.55. The molecular formula is C15H17N. The first kappa shape index (κ1) is 10.7. The van der Waals surface area contributed by atoms with E-state index >= 15 is 0 Å². The van der Waals surface area contributed by atoms with Gasteiger partial charge in [-0.3, -0.25) is 0 Å². The average molecular weight is 211 g/mol. The summed E-state index contributed by atoms with van der Waals surface area (Å²) in [4.78, 5) is 0.